The van der Waals surface area contributed by atoms with Crippen molar-refractivity contribution < 1.29 is 4.74 Å². The lowest BCUT2D eigenvalue weighted by molar-refractivity contribution is 0.105. The third kappa shape index (κ3) is 2.49. The highest BCUT2D eigenvalue weighted by molar-refractivity contribution is 5.30. The Morgan fingerprint density at radius 3 is 2.53 bits per heavy atom. The molecule has 0 spiro atoms. The third-order valence-electron chi connectivity index (χ3n) is 4.36. The van der Waals surface area contributed by atoms with E-state index in [9.17, 15) is 0 Å². The van der Waals surface area contributed by atoms with Gasteiger partial charge in [-0.15, -0.1) is 0 Å². The summed E-state index contributed by atoms with van der Waals surface area (Å²) in [4.78, 5) is 2.56. The fraction of sp³-hybridized carbons (Fsp3) is 0.786. The van der Waals surface area contributed by atoms with Crippen LogP contribution in [0, 0.1) is 0 Å². The predicted molar refractivity (Wildman–Crippen MR) is 76.4 cm³/mol. The largest absolute Gasteiger partial charge is 0.493 e. The lowest BCUT2D eigenvalue weighted by Crippen LogP contribution is -2.51. The molecule has 1 atom stereocenters. The van der Waals surface area contributed by atoms with Crippen LogP contribution in [0.25, 0.3) is 0 Å². The Balaban J connectivity index is 2.35. The maximum atomic E-state index is 5.46. The van der Waals surface area contributed by atoms with Crippen LogP contribution in [0.1, 0.15) is 38.4 Å². The SMILES string of the molecule is CNC(c1c(OC)cnn1C)C(C)(C)N1CCCC1. The fourth-order valence-corrected chi connectivity index (χ4v) is 3.21. The van der Waals surface area contributed by atoms with Crippen molar-refractivity contribution in [1.29, 1.82) is 0 Å². The molecule has 1 fully saturated rings. The van der Waals surface area contributed by atoms with E-state index in [0.29, 0.717) is 0 Å². The number of likely N-dealkylation sites (N-methyl/N-ethyl adjacent to an activating group) is 1. The number of aryl methyl sites for hydroxylation is 1. The summed E-state index contributed by atoms with van der Waals surface area (Å²) in [6.07, 6.45) is 4.38. The van der Waals surface area contributed by atoms with Crippen molar-refractivity contribution in [1.82, 2.24) is 20.0 Å². The van der Waals surface area contributed by atoms with Crippen LogP contribution < -0.4 is 10.1 Å². The smallest absolute Gasteiger partial charge is 0.161 e. The first kappa shape index (κ1) is 14.3. The van der Waals surface area contributed by atoms with Gasteiger partial charge in [0.05, 0.1) is 25.0 Å². The van der Waals surface area contributed by atoms with Crippen molar-refractivity contribution in [2.24, 2.45) is 7.05 Å². The average Bonchev–Trinajstić information content (AvgIpc) is 3.01. The van der Waals surface area contributed by atoms with Gasteiger partial charge in [0, 0.05) is 12.6 Å². The highest BCUT2D eigenvalue weighted by Crippen LogP contribution is 2.36. The molecule has 0 radical (unpaired) electrons. The lowest BCUT2D eigenvalue weighted by Gasteiger charge is -2.42. The van der Waals surface area contributed by atoms with Crippen LogP contribution in [-0.4, -0.2) is 47.5 Å². The van der Waals surface area contributed by atoms with Crippen LogP contribution in [0.4, 0.5) is 0 Å². The summed E-state index contributed by atoms with van der Waals surface area (Å²) in [7, 11) is 5.69. The summed E-state index contributed by atoms with van der Waals surface area (Å²) in [6, 6.07) is 0.188. The van der Waals surface area contributed by atoms with E-state index in [1.54, 1.807) is 13.3 Å². The Morgan fingerprint density at radius 1 is 1.37 bits per heavy atom. The molecule has 1 saturated heterocycles. The molecule has 5 nitrogen and oxygen atoms in total. The molecular formula is C14H26N4O. The summed E-state index contributed by atoms with van der Waals surface area (Å²) >= 11 is 0. The van der Waals surface area contributed by atoms with Gasteiger partial charge in [-0.05, 0) is 46.8 Å². The Hall–Kier alpha value is -1.07. The average molecular weight is 266 g/mol. The van der Waals surface area contributed by atoms with Gasteiger partial charge in [0.25, 0.3) is 0 Å². The molecule has 1 aliphatic heterocycles. The molecule has 0 amide bonds. The molecule has 5 heteroatoms. The number of ether oxygens (including phenoxy) is 1. The second-order valence-corrected chi connectivity index (χ2v) is 5.79. The van der Waals surface area contributed by atoms with Gasteiger partial charge in [0.15, 0.2) is 5.75 Å². The maximum absolute atomic E-state index is 5.46. The zero-order valence-electron chi connectivity index (χ0n) is 12.7. The predicted octanol–water partition coefficient (Wildman–Crippen LogP) is 1.56. The number of likely N-dealkylation sites (tertiary alicyclic amines) is 1. The molecule has 0 bridgehead atoms. The van der Waals surface area contributed by atoms with Crippen LogP contribution in [0.3, 0.4) is 0 Å². The molecule has 1 unspecified atom stereocenters. The molecule has 0 aromatic carbocycles. The van der Waals surface area contributed by atoms with Crippen LogP contribution >= 0.6 is 0 Å². The Kier molecular flexibility index (Phi) is 4.16. The number of nitrogens with zero attached hydrogens (tertiary/aromatic N) is 3. The molecule has 1 N–H and O–H groups in total. The summed E-state index contributed by atoms with van der Waals surface area (Å²) < 4.78 is 7.38. The minimum atomic E-state index is 0.0341. The standard InChI is InChI=1S/C14H26N4O/c1-14(2,18-8-6-7-9-18)13(15-3)12-11(19-5)10-16-17(12)4/h10,13,15H,6-9H2,1-5H3. The third-order valence-corrected chi connectivity index (χ3v) is 4.36. The van der Waals surface area contributed by atoms with Gasteiger partial charge in [0.2, 0.25) is 0 Å². The molecule has 1 aliphatic rings. The lowest BCUT2D eigenvalue weighted by atomic mass is 9.89. The van der Waals surface area contributed by atoms with E-state index >= 15 is 0 Å². The number of aromatic nitrogens is 2. The second-order valence-electron chi connectivity index (χ2n) is 5.79. The van der Waals surface area contributed by atoms with Crippen LogP contribution in [-0.2, 0) is 7.05 Å². The molecule has 1 aromatic rings. The minimum Gasteiger partial charge on any atom is -0.493 e. The molecule has 1 aromatic heterocycles. The number of hydrogen-bond acceptors (Lipinski definition) is 4. The van der Waals surface area contributed by atoms with Gasteiger partial charge in [-0.25, -0.2) is 0 Å². The van der Waals surface area contributed by atoms with Gasteiger partial charge in [-0.3, -0.25) is 9.58 Å². The Bertz CT molecular complexity index is 421. The van der Waals surface area contributed by atoms with Crippen LogP contribution in [0.15, 0.2) is 6.20 Å². The monoisotopic (exact) mass is 266 g/mol. The summed E-state index contributed by atoms with van der Waals surface area (Å²) in [5.41, 5.74) is 1.15. The van der Waals surface area contributed by atoms with Crippen molar-refractivity contribution in [3.63, 3.8) is 0 Å². The maximum Gasteiger partial charge on any atom is 0.161 e. The Labute approximate surface area is 115 Å². The zero-order chi connectivity index (χ0) is 14.0. The van der Waals surface area contributed by atoms with Crippen molar-refractivity contribution >= 4 is 0 Å². The van der Waals surface area contributed by atoms with Crippen molar-refractivity contribution in [2.45, 2.75) is 38.3 Å². The molecular weight excluding hydrogens is 240 g/mol. The van der Waals surface area contributed by atoms with Gasteiger partial charge in [0.1, 0.15) is 0 Å². The van der Waals surface area contributed by atoms with Crippen molar-refractivity contribution in [3.05, 3.63) is 11.9 Å². The number of nitrogens with one attached hydrogen (secondary N) is 1. The van der Waals surface area contributed by atoms with E-state index in [1.165, 1.54) is 25.9 Å². The first-order chi connectivity index (χ1) is 9.02. The zero-order valence-corrected chi connectivity index (χ0v) is 12.7. The van der Waals surface area contributed by atoms with E-state index in [0.717, 1.165) is 11.4 Å². The van der Waals surface area contributed by atoms with Crippen molar-refractivity contribution in [2.75, 3.05) is 27.2 Å². The van der Waals surface area contributed by atoms with E-state index in [-0.39, 0.29) is 11.6 Å². The van der Waals surface area contributed by atoms with E-state index in [2.05, 4.69) is 29.2 Å². The van der Waals surface area contributed by atoms with Gasteiger partial charge in [-0.2, -0.15) is 5.10 Å². The van der Waals surface area contributed by atoms with E-state index < -0.39 is 0 Å². The topological polar surface area (TPSA) is 42.3 Å². The fourth-order valence-electron chi connectivity index (χ4n) is 3.21. The van der Waals surface area contributed by atoms with Gasteiger partial charge >= 0.3 is 0 Å². The number of methoxy groups -OCH3 is 1. The highest BCUT2D eigenvalue weighted by atomic mass is 16.5. The van der Waals surface area contributed by atoms with E-state index in [1.807, 2.05) is 18.8 Å². The molecule has 2 heterocycles. The summed E-state index contributed by atoms with van der Waals surface area (Å²) in [5.74, 6) is 0.856. The summed E-state index contributed by atoms with van der Waals surface area (Å²) in [5, 5.41) is 7.78. The first-order valence-corrected chi connectivity index (χ1v) is 7.00. The van der Waals surface area contributed by atoms with Crippen molar-refractivity contribution in [3.8, 4) is 5.75 Å². The van der Waals surface area contributed by atoms with Gasteiger partial charge in [-0.1, -0.05) is 0 Å². The van der Waals surface area contributed by atoms with Gasteiger partial charge < -0.3 is 10.1 Å². The quantitative estimate of drug-likeness (QED) is 0.878. The molecule has 0 saturated carbocycles. The molecule has 108 valence electrons. The second kappa shape index (κ2) is 5.51. The number of hydrogen-bond donors (Lipinski definition) is 1. The number of rotatable bonds is 5. The summed E-state index contributed by atoms with van der Waals surface area (Å²) in [6.45, 7) is 6.94. The van der Waals surface area contributed by atoms with E-state index in [4.69, 9.17) is 4.74 Å². The molecule has 0 aliphatic carbocycles. The normalized spacial score (nSPS) is 18.8. The molecule has 2 rings (SSSR count). The van der Waals surface area contributed by atoms with Crippen LogP contribution in [0.2, 0.25) is 0 Å². The highest BCUT2D eigenvalue weighted by Gasteiger charge is 2.39. The first-order valence-electron chi connectivity index (χ1n) is 7.00. The molecule has 19 heavy (non-hydrogen) atoms. The minimum absolute atomic E-state index is 0.0341. The Morgan fingerprint density at radius 2 is 2.00 bits per heavy atom. The van der Waals surface area contributed by atoms with Crippen LogP contribution in [0.5, 0.6) is 5.75 Å².